The van der Waals surface area contributed by atoms with E-state index in [1.807, 2.05) is 0 Å². The van der Waals surface area contributed by atoms with Gasteiger partial charge in [-0.3, -0.25) is 28.9 Å². The van der Waals surface area contributed by atoms with Crippen LogP contribution in [0.1, 0.15) is 57.9 Å². The minimum absolute atomic E-state index is 0.164. The zero-order valence-corrected chi connectivity index (χ0v) is 24.2. The quantitative estimate of drug-likeness (QED) is 0.105. The number of halogens is 1. The van der Waals surface area contributed by atoms with Crippen LogP contribution in [-0.4, -0.2) is 65.6 Å². The predicted molar refractivity (Wildman–Crippen MR) is 154 cm³/mol. The van der Waals surface area contributed by atoms with E-state index in [-0.39, 0.29) is 43.0 Å². The molecular weight excluding hydrogens is 552 g/mol. The van der Waals surface area contributed by atoms with E-state index in [1.54, 1.807) is 38.1 Å². The molecule has 0 bridgehead atoms. The Morgan fingerprint density at radius 1 is 0.902 bits per heavy atom. The molecule has 1 aromatic carbocycles. The molecular formula is C28H39ClN6O6. The fraction of sp³-hybridized carbons (Fsp3) is 0.500. The van der Waals surface area contributed by atoms with E-state index in [4.69, 9.17) is 17.3 Å². The zero-order valence-electron chi connectivity index (χ0n) is 23.4. The molecule has 12 nitrogen and oxygen atoms in total. The second-order valence-electron chi connectivity index (χ2n) is 10.1. The monoisotopic (exact) mass is 590 g/mol. The summed E-state index contributed by atoms with van der Waals surface area (Å²) in [6.07, 6.45) is 4.92. The maximum absolute atomic E-state index is 13.2. The number of hydrogen-bond donors (Lipinski definition) is 5. The van der Waals surface area contributed by atoms with Gasteiger partial charge in [0.15, 0.2) is 0 Å². The average Bonchev–Trinajstić information content (AvgIpc) is 3.25. The van der Waals surface area contributed by atoms with Crippen LogP contribution in [0.2, 0.25) is 0 Å². The number of hydrogen-bond acceptors (Lipinski definition) is 6. The van der Waals surface area contributed by atoms with Crippen LogP contribution < -0.4 is 27.0 Å². The average molecular weight is 591 g/mol. The van der Waals surface area contributed by atoms with Crippen molar-refractivity contribution in [3.63, 3.8) is 0 Å². The lowest BCUT2D eigenvalue weighted by atomic mass is 10.0. The Morgan fingerprint density at radius 2 is 1.56 bits per heavy atom. The fourth-order valence-electron chi connectivity index (χ4n) is 4.12. The molecule has 0 radical (unpaired) electrons. The number of carbonyl (C=O) groups is 6. The molecule has 0 fully saturated rings. The molecule has 0 spiro atoms. The molecule has 1 aliphatic heterocycles. The molecule has 0 saturated carbocycles. The lowest BCUT2D eigenvalue weighted by Crippen LogP contribution is -2.54. The first kappa shape index (κ1) is 33.3. The van der Waals surface area contributed by atoms with Crippen molar-refractivity contribution in [3.8, 4) is 0 Å². The van der Waals surface area contributed by atoms with E-state index < -0.39 is 29.9 Å². The first-order valence-corrected chi connectivity index (χ1v) is 14.2. The molecule has 7 amide bonds. The van der Waals surface area contributed by atoms with Crippen molar-refractivity contribution in [1.82, 2.24) is 20.9 Å². The highest BCUT2D eigenvalue weighted by Crippen LogP contribution is 2.13. The Morgan fingerprint density at radius 3 is 2.15 bits per heavy atom. The van der Waals surface area contributed by atoms with Crippen LogP contribution in [0.4, 0.5) is 10.5 Å². The Bertz CT molecular complexity index is 1110. The van der Waals surface area contributed by atoms with Gasteiger partial charge in [-0.05, 0) is 49.3 Å². The third-order valence-corrected chi connectivity index (χ3v) is 6.74. The summed E-state index contributed by atoms with van der Waals surface area (Å²) in [6.45, 7) is 4.08. The van der Waals surface area contributed by atoms with Gasteiger partial charge in [0.2, 0.25) is 17.7 Å². The first-order valence-electron chi connectivity index (χ1n) is 13.6. The maximum atomic E-state index is 13.2. The molecule has 0 saturated heterocycles. The molecule has 1 unspecified atom stereocenters. The van der Waals surface area contributed by atoms with Crippen LogP contribution in [0.3, 0.4) is 0 Å². The summed E-state index contributed by atoms with van der Waals surface area (Å²) in [4.78, 5) is 74.3. The number of anilines is 1. The molecule has 224 valence electrons. The number of imide groups is 1. The summed E-state index contributed by atoms with van der Waals surface area (Å²) in [7, 11) is 0. The van der Waals surface area contributed by atoms with E-state index in [1.165, 1.54) is 12.2 Å². The van der Waals surface area contributed by atoms with Crippen LogP contribution in [0.5, 0.6) is 0 Å². The Labute approximate surface area is 244 Å². The van der Waals surface area contributed by atoms with Gasteiger partial charge in [-0.15, -0.1) is 11.6 Å². The highest BCUT2D eigenvalue weighted by atomic mass is 35.5. The Hall–Kier alpha value is -3.93. The van der Waals surface area contributed by atoms with E-state index in [9.17, 15) is 28.8 Å². The number of amides is 7. The van der Waals surface area contributed by atoms with E-state index in [0.717, 1.165) is 10.5 Å². The number of benzene rings is 1. The number of nitrogens with two attached hydrogens (primary N) is 1. The van der Waals surface area contributed by atoms with Crippen LogP contribution in [0.15, 0.2) is 36.4 Å². The van der Waals surface area contributed by atoms with E-state index in [2.05, 4.69) is 21.3 Å². The minimum atomic E-state index is -0.937. The lowest BCUT2D eigenvalue weighted by molar-refractivity contribution is -0.137. The number of nitrogens with zero attached hydrogens (tertiary/aromatic N) is 1. The van der Waals surface area contributed by atoms with Crippen molar-refractivity contribution < 1.29 is 28.8 Å². The molecule has 6 N–H and O–H groups in total. The fourth-order valence-corrected chi connectivity index (χ4v) is 4.30. The van der Waals surface area contributed by atoms with Crippen LogP contribution in [0, 0.1) is 5.92 Å². The number of primary amides is 1. The van der Waals surface area contributed by atoms with Crippen molar-refractivity contribution in [2.45, 2.75) is 70.3 Å². The highest BCUT2D eigenvalue weighted by Gasteiger charge is 2.29. The van der Waals surface area contributed by atoms with Crippen LogP contribution >= 0.6 is 11.6 Å². The summed E-state index contributed by atoms with van der Waals surface area (Å²) in [5.41, 5.74) is 6.52. The standard InChI is InChI=1S/C28H39ClN6O6/c1-18(2)25(34-22(36)8-4-3-5-16-35-23(37)13-14-24(35)38)27(40)33-21(7-6-15-31-28(30)41)26(39)32-20-11-9-19(17-29)10-12-20/h9-14,18,21,25H,3-8,15-17H2,1-2H3,(H,32,39)(H,33,40)(H,34,36)(H3,30,31,41)/t21-,25?/m0/s1. The van der Waals surface area contributed by atoms with Crippen LogP contribution in [-0.2, 0) is 29.9 Å². The minimum Gasteiger partial charge on any atom is -0.352 e. The normalized spacial score (nSPS) is 14.1. The van der Waals surface area contributed by atoms with Gasteiger partial charge >= 0.3 is 6.03 Å². The number of unbranched alkanes of at least 4 members (excludes halogenated alkanes) is 2. The van der Waals surface area contributed by atoms with Crippen LogP contribution in [0.25, 0.3) is 0 Å². The third kappa shape index (κ3) is 11.6. The predicted octanol–water partition coefficient (Wildman–Crippen LogP) is 1.92. The van der Waals surface area contributed by atoms with Gasteiger partial charge < -0.3 is 27.0 Å². The summed E-state index contributed by atoms with van der Waals surface area (Å²) in [6, 6.07) is 4.46. The summed E-state index contributed by atoms with van der Waals surface area (Å²) in [5.74, 6) is -1.87. The second-order valence-corrected chi connectivity index (χ2v) is 10.3. The van der Waals surface area contributed by atoms with E-state index in [0.29, 0.717) is 43.8 Å². The molecule has 1 heterocycles. The Kier molecular flexibility index (Phi) is 13.8. The number of alkyl halides is 1. The van der Waals surface area contributed by atoms with Gasteiger partial charge in [0, 0.05) is 43.2 Å². The molecule has 13 heteroatoms. The SMILES string of the molecule is CC(C)C(NC(=O)CCCCCN1C(=O)C=CC1=O)C(=O)N[C@@H](CCCNC(N)=O)C(=O)Nc1ccc(CCl)cc1. The maximum Gasteiger partial charge on any atom is 0.312 e. The zero-order chi connectivity index (χ0) is 30.4. The number of rotatable bonds is 17. The van der Waals surface area contributed by atoms with Gasteiger partial charge in [-0.1, -0.05) is 32.4 Å². The summed E-state index contributed by atoms with van der Waals surface area (Å²) in [5, 5.41) is 10.7. The lowest BCUT2D eigenvalue weighted by Gasteiger charge is -2.25. The molecule has 0 aromatic heterocycles. The second kappa shape index (κ2) is 17.0. The number of nitrogens with one attached hydrogen (secondary N) is 4. The Balaban J connectivity index is 1.92. The molecule has 41 heavy (non-hydrogen) atoms. The molecule has 2 rings (SSSR count). The van der Waals surface area contributed by atoms with E-state index >= 15 is 0 Å². The van der Waals surface area contributed by atoms with Gasteiger partial charge in [-0.2, -0.15) is 0 Å². The van der Waals surface area contributed by atoms with Crippen molar-refractivity contribution in [2.24, 2.45) is 11.7 Å². The molecule has 1 aromatic rings. The largest absolute Gasteiger partial charge is 0.352 e. The molecule has 0 aliphatic carbocycles. The highest BCUT2D eigenvalue weighted by molar-refractivity contribution is 6.17. The topological polar surface area (TPSA) is 180 Å². The molecule has 1 aliphatic rings. The van der Waals surface area contributed by atoms with Crippen molar-refractivity contribution in [3.05, 3.63) is 42.0 Å². The van der Waals surface area contributed by atoms with Crippen molar-refractivity contribution in [2.75, 3.05) is 18.4 Å². The van der Waals surface area contributed by atoms with Gasteiger partial charge in [-0.25, -0.2) is 4.79 Å². The van der Waals surface area contributed by atoms with Crippen molar-refractivity contribution >= 4 is 52.9 Å². The smallest absolute Gasteiger partial charge is 0.312 e. The summed E-state index contributed by atoms with van der Waals surface area (Å²) < 4.78 is 0. The third-order valence-electron chi connectivity index (χ3n) is 6.43. The summed E-state index contributed by atoms with van der Waals surface area (Å²) >= 11 is 5.82. The molecule has 2 atom stereocenters. The number of carbonyl (C=O) groups excluding carboxylic acids is 6. The van der Waals surface area contributed by atoms with Gasteiger partial charge in [0.05, 0.1) is 0 Å². The van der Waals surface area contributed by atoms with Gasteiger partial charge in [0.1, 0.15) is 12.1 Å². The number of urea groups is 1. The van der Waals surface area contributed by atoms with Gasteiger partial charge in [0.25, 0.3) is 11.8 Å². The van der Waals surface area contributed by atoms with Crippen molar-refractivity contribution in [1.29, 1.82) is 0 Å². The first-order chi connectivity index (χ1) is 19.5.